The van der Waals surface area contributed by atoms with Gasteiger partial charge in [0.15, 0.2) is 28.9 Å². The highest BCUT2D eigenvalue weighted by Crippen LogP contribution is 2.50. The molecule has 61 heavy (non-hydrogen) atoms. The summed E-state index contributed by atoms with van der Waals surface area (Å²) in [5.74, 6) is -3.77. The minimum Gasteiger partial charge on any atom is -0.463 e. The lowest BCUT2D eigenvalue weighted by molar-refractivity contribution is -0.147. The lowest BCUT2D eigenvalue weighted by Crippen LogP contribution is -2.42. The topological polar surface area (TPSA) is 188 Å². The molecule has 2 aliphatic carbocycles. The van der Waals surface area contributed by atoms with Crippen molar-refractivity contribution in [1.29, 1.82) is 0 Å². The summed E-state index contributed by atoms with van der Waals surface area (Å²) in [6, 6.07) is 0. The smallest absolute Gasteiger partial charge is 0.310 e. The second kappa shape index (κ2) is 26.1. The molecule has 2 fully saturated rings. The molecule has 4 aliphatic rings. The van der Waals surface area contributed by atoms with Crippen molar-refractivity contribution in [1.82, 2.24) is 0 Å². The number of hydrogen-bond acceptors (Lipinski definition) is 18. The standard InChI is InChI=1S/C22H26O6S3.C21H26O6S3/c1-4-12(23)7-8-13(24)10-28-17(25)9-14-11-30-22(31-14)18-19(26)15(5-2)21(29)16(6-3)20(18)27;1-4-7-26-9-12(22)10-27-16(23)8-13-11-29-21(30-13)17-18(24)14(5-2)20(28)15(6-3)19(17)25/h4,11,13,15-16,24H,1,5-10H2,2-3H3;4,11-12,14-15,22H,1,5-10H2,2-3H3. The Bertz CT molecular complexity index is 1860. The van der Waals surface area contributed by atoms with Gasteiger partial charge in [-0.2, -0.15) is 0 Å². The molecule has 4 rings (SSSR count). The highest BCUT2D eigenvalue weighted by atomic mass is 32.2. The summed E-state index contributed by atoms with van der Waals surface area (Å²) in [5, 5.41) is 23.0. The van der Waals surface area contributed by atoms with Crippen LogP contribution >= 0.6 is 71.5 Å². The highest BCUT2D eigenvalue weighted by Gasteiger charge is 2.45. The van der Waals surface area contributed by atoms with E-state index in [-0.39, 0.29) is 85.6 Å². The van der Waals surface area contributed by atoms with E-state index in [1.165, 1.54) is 53.1 Å². The summed E-state index contributed by atoms with van der Waals surface area (Å²) >= 11 is 15.8. The summed E-state index contributed by atoms with van der Waals surface area (Å²) < 4.78 is 16.4. The van der Waals surface area contributed by atoms with Gasteiger partial charge in [0.1, 0.15) is 19.3 Å². The van der Waals surface area contributed by atoms with Crippen molar-refractivity contribution in [2.75, 3.05) is 26.4 Å². The van der Waals surface area contributed by atoms with Crippen LogP contribution in [0, 0.1) is 23.7 Å². The summed E-state index contributed by atoms with van der Waals surface area (Å²) in [4.78, 5) is 89.4. The number of thioether (sulfide) groups is 4. The van der Waals surface area contributed by atoms with Crippen molar-refractivity contribution in [2.24, 2.45) is 23.7 Å². The van der Waals surface area contributed by atoms with Gasteiger partial charge in [-0.05, 0) is 49.0 Å². The van der Waals surface area contributed by atoms with E-state index in [0.29, 0.717) is 60.3 Å². The second-order valence-corrected chi connectivity index (χ2v) is 19.6. The average molecular weight is 953 g/mol. The van der Waals surface area contributed by atoms with Gasteiger partial charge >= 0.3 is 11.9 Å². The number of rotatable bonds is 20. The maximum Gasteiger partial charge on any atom is 0.310 e. The summed E-state index contributed by atoms with van der Waals surface area (Å²) in [6.45, 7) is 14.4. The zero-order chi connectivity index (χ0) is 45.4. The first-order valence-corrected chi connectivity index (χ1v) is 24.1. The number of allylic oxidation sites excluding steroid dienone is 3. The zero-order valence-electron chi connectivity index (χ0n) is 34.6. The van der Waals surface area contributed by atoms with E-state index < -0.39 is 47.8 Å². The van der Waals surface area contributed by atoms with Crippen LogP contribution in [0.1, 0.15) is 79.1 Å². The van der Waals surface area contributed by atoms with Gasteiger partial charge < -0.3 is 24.4 Å². The minimum atomic E-state index is -0.927. The second-order valence-electron chi connectivity index (χ2n) is 14.1. The van der Waals surface area contributed by atoms with Crippen molar-refractivity contribution in [3.05, 3.63) is 65.6 Å². The highest BCUT2D eigenvalue weighted by molar-refractivity contribution is 8.28. The molecule has 0 saturated heterocycles. The van der Waals surface area contributed by atoms with E-state index >= 15 is 0 Å². The van der Waals surface area contributed by atoms with Crippen molar-refractivity contribution in [2.45, 2.75) is 91.3 Å². The molecular weight excluding hydrogens is 901 g/mol. The summed E-state index contributed by atoms with van der Waals surface area (Å²) in [7, 11) is 0. The maximum absolute atomic E-state index is 12.9. The van der Waals surface area contributed by atoms with Gasteiger partial charge in [0.2, 0.25) is 0 Å². The predicted molar refractivity (Wildman–Crippen MR) is 250 cm³/mol. The molecule has 0 bridgehead atoms. The lowest BCUT2D eigenvalue weighted by atomic mass is 9.74. The first-order chi connectivity index (χ1) is 29.1. The molecule has 2 N–H and O–H groups in total. The first-order valence-electron chi connectivity index (χ1n) is 19.9. The van der Waals surface area contributed by atoms with Gasteiger partial charge in [0.05, 0.1) is 75.5 Å². The Morgan fingerprint density at radius 2 is 1.08 bits per heavy atom. The molecular formula is C43H52O12S6. The molecule has 0 aromatic rings. The molecule has 0 radical (unpaired) electrons. The van der Waals surface area contributed by atoms with Gasteiger partial charge in [-0.15, -0.1) is 6.58 Å². The fraction of sp³-hybridized carbons (Fsp3) is 0.512. The van der Waals surface area contributed by atoms with E-state index in [1.54, 1.807) is 16.9 Å². The third kappa shape index (κ3) is 14.6. The van der Waals surface area contributed by atoms with Crippen molar-refractivity contribution < 1.29 is 58.0 Å². The van der Waals surface area contributed by atoms with Gasteiger partial charge in [-0.25, -0.2) is 0 Å². The molecule has 0 aromatic heterocycles. The van der Waals surface area contributed by atoms with Gasteiger partial charge in [-0.3, -0.25) is 33.6 Å². The van der Waals surface area contributed by atoms with Crippen LogP contribution in [0.5, 0.6) is 0 Å². The molecule has 2 heterocycles. The van der Waals surface area contributed by atoms with Crippen molar-refractivity contribution in [3.63, 3.8) is 0 Å². The van der Waals surface area contributed by atoms with Crippen LogP contribution in [0.15, 0.2) is 65.6 Å². The Balaban J connectivity index is 0.000000325. The van der Waals surface area contributed by atoms with Crippen LogP contribution < -0.4 is 0 Å². The SMILES string of the molecule is C=CC(=O)CCC(O)COC(=O)CC1=CSC(=C2C(=O)C(CC)C(=S)C(CC)C2=O)S1.C=CCOCC(O)COC(=O)CC1=CSC(=C2C(=O)C(CC)C(=S)C(CC)C2=O)S1. The molecule has 2 saturated carbocycles. The predicted octanol–water partition coefficient (Wildman–Crippen LogP) is 7.51. The van der Waals surface area contributed by atoms with Crippen LogP contribution in [0.4, 0.5) is 0 Å². The maximum atomic E-state index is 12.9. The molecule has 6 unspecified atom stereocenters. The Morgan fingerprint density at radius 1 is 0.689 bits per heavy atom. The largest absolute Gasteiger partial charge is 0.463 e. The number of ether oxygens (including phenoxy) is 3. The Morgan fingerprint density at radius 3 is 1.44 bits per heavy atom. The Labute approximate surface area is 384 Å². The fourth-order valence-corrected chi connectivity index (χ4v) is 12.3. The molecule has 6 atom stereocenters. The number of ketones is 5. The molecule has 18 heteroatoms. The number of esters is 2. The Kier molecular flexibility index (Phi) is 22.5. The van der Waals surface area contributed by atoms with Crippen LogP contribution in [0.2, 0.25) is 0 Å². The van der Waals surface area contributed by atoms with Gasteiger partial charge in [0, 0.05) is 26.0 Å². The fourth-order valence-electron chi connectivity index (χ4n) is 6.43. The number of carbonyl (C=O) groups excluding carboxylic acids is 7. The third-order valence-corrected chi connectivity index (χ3v) is 15.7. The van der Waals surface area contributed by atoms with Crippen LogP contribution in [0.25, 0.3) is 0 Å². The number of carbonyl (C=O) groups is 7. The monoisotopic (exact) mass is 952 g/mol. The van der Waals surface area contributed by atoms with E-state index in [2.05, 4.69) is 13.2 Å². The van der Waals surface area contributed by atoms with E-state index in [4.69, 9.17) is 38.6 Å². The van der Waals surface area contributed by atoms with Crippen LogP contribution in [0.3, 0.4) is 0 Å². The molecule has 2 aliphatic heterocycles. The quantitative estimate of drug-likeness (QED) is 0.0304. The molecule has 0 aromatic carbocycles. The minimum absolute atomic E-state index is 0.00386. The first kappa shape index (κ1) is 52.5. The van der Waals surface area contributed by atoms with E-state index in [9.17, 15) is 43.8 Å². The molecule has 12 nitrogen and oxygen atoms in total. The van der Waals surface area contributed by atoms with E-state index in [1.807, 2.05) is 27.7 Å². The summed E-state index contributed by atoms with van der Waals surface area (Å²) in [5.41, 5.74) is 0.413. The average Bonchev–Trinajstić information content (AvgIpc) is 3.88. The number of thiocarbonyl (C=S) groups is 2. The number of aliphatic hydroxyl groups excluding tert-OH is 2. The normalized spacial score (nSPS) is 22.7. The van der Waals surface area contributed by atoms with Crippen molar-refractivity contribution >= 4 is 122 Å². The Hall–Kier alpha value is -2.81. The number of aliphatic hydroxyl groups is 2. The van der Waals surface area contributed by atoms with Crippen LogP contribution in [-0.2, 0) is 47.8 Å². The van der Waals surface area contributed by atoms with E-state index in [0.717, 1.165) is 0 Å². The molecule has 0 spiro atoms. The summed E-state index contributed by atoms with van der Waals surface area (Å²) in [6.07, 6.45) is 3.46. The molecule has 332 valence electrons. The zero-order valence-corrected chi connectivity index (χ0v) is 39.5. The lowest BCUT2D eigenvalue weighted by Gasteiger charge is -2.29. The van der Waals surface area contributed by atoms with Crippen LogP contribution in [-0.4, -0.2) is 99.4 Å². The van der Waals surface area contributed by atoms with Gasteiger partial charge in [-0.1, -0.05) is 112 Å². The third-order valence-electron chi connectivity index (χ3n) is 9.72. The van der Waals surface area contributed by atoms with Gasteiger partial charge in [0.25, 0.3) is 0 Å². The number of Topliss-reactive ketones (excluding diaryl/α,β-unsaturated/α-hetero) is 4. The number of hydrogen-bond donors (Lipinski definition) is 2. The molecule has 0 amide bonds. The van der Waals surface area contributed by atoms with Crippen molar-refractivity contribution in [3.8, 4) is 0 Å².